The van der Waals surface area contributed by atoms with E-state index in [9.17, 15) is 14.4 Å². The van der Waals surface area contributed by atoms with Gasteiger partial charge in [-0.2, -0.15) is 0 Å². The zero-order valence-corrected chi connectivity index (χ0v) is 16.2. The Morgan fingerprint density at radius 3 is 2.14 bits per heavy atom. The van der Waals surface area contributed by atoms with Crippen LogP contribution in [-0.4, -0.2) is 29.2 Å². The summed E-state index contributed by atoms with van der Waals surface area (Å²) in [6.07, 6.45) is 3.73. The number of unbranched alkanes of at least 4 members (excludes halogenated alkanes) is 1. The smallest absolute Gasteiger partial charge is 0.261 e. The van der Waals surface area contributed by atoms with Gasteiger partial charge in [-0.1, -0.05) is 62.2 Å². The highest BCUT2D eigenvalue weighted by molar-refractivity contribution is 6.21. The summed E-state index contributed by atoms with van der Waals surface area (Å²) in [4.78, 5) is 38.4. The fourth-order valence-corrected chi connectivity index (χ4v) is 3.52. The summed E-state index contributed by atoms with van der Waals surface area (Å²) in [6, 6.07) is 16.8. The molecule has 0 saturated heterocycles. The highest BCUT2D eigenvalue weighted by Crippen LogP contribution is 2.23. The molecule has 3 rings (SSSR count). The minimum Gasteiger partial charge on any atom is -0.349 e. The molecule has 1 aliphatic heterocycles. The molecule has 1 aliphatic rings. The van der Waals surface area contributed by atoms with Crippen LogP contribution in [0.3, 0.4) is 0 Å². The van der Waals surface area contributed by atoms with E-state index in [0.717, 1.165) is 24.8 Å². The van der Waals surface area contributed by atoms with Crippen molar-refractivity contribution >= 4 is 17.7 Å². The molecule has 146 valence electrons. The van der Waals surface area contributed by atoms with Gasteiger partial charge in [0.05, 0.1) is 17.2 Å². The number of carbonyl (C=O) groups is 3. The van der Waals surface area contributed by atoms with E-state index in [1.807, 2.05) is 30.3 Å². The van der Waals surface area contributed by atoms with E-state index in [1.54, 1.807) is 24.3 Å². The van der Waals surface area contributed by atoms with Crippen LogP contribution in [0.5, 0.6) is 0 Å². The lowest BCUT2D eigenvalue weighted by Crippen LogP contribution is -2.33. The van der Waals surface area contributed by atoms with E-state index in [4.69, 9.17) is 0 Å². The molecule has 0 aliphatic carbocycles. The zero-order valence-electron chi connectivity index (χ0n) is 16.2. The molecule has 0 unspecified atom stereocenters. The van der Waals surface area contributed by atoms with Gasteiger partial charge in [0.25, 0.3) is 11.8 Å². The Morgan fingerprint density at radius 2 is 1.54 bits per heavy atom. The highest BCUT2D eigenvalue weighted by Gasteiger charge is 2.34. The molecule has 3 amide bonds. The van der Waals surface area contributed by atoms with Gasteiger partial charge in [-0.25, -0.2) is 0 Å². The molecule has 0 saturated carbocycles. The number of hydrogen-bond donors (Lipinski definition) is 1. The van der Waals surface area contributed by atoms with Crippen LogP contribution < -0.4 is 5.32 Å². The number of carbonyl (C=O) groups excluding carboxylic acids is 3. The summed E-state index contributed by atoms with van der Waals surface area (Å²) < 4.78 is 0. The van der Waals surface area contributed by atoms with E-state index in [-0.39, 0.29) is 36.7 Å². The van der Waals surface area contributed by atoms with Crippen molar-refractivity contribution in [2.75, 3.05) is 6.54 Å². The Kier molecular flexibility index (Phi) is 6.58. The number of amides is 3. The molecule has 1 heterocycles. The van der Waals surface area contributed by atoms with Gasteiger partial charge in [-0.3, -0.25) is 19.3 Å². The molecule has 0 spiro atoms. The summed E-state index contributed by atoms with van der Waals surface area (Å²) in [5.74, 6) is -0.598. The molecular formula is C23H26N2O3. The van der Waals surface area contributed by atoms with Crippen LogP contribution in [0.1, 0.15) is 71.3 Å². The summed E-state index contributed by atoms with van der Waals surface area (Å²) in [7, 11) is 0. The van der Waals surface area contributed by atoms with Crippen LogP contribution >= 0.6 is 0 Å². The van der Waals surface area contributed by atoms with Gasteiger partial charge >= 0.3 is 0 Å². The molecule has 28 heavy (non-hydrogen) atoms. The average molecular weight is 378 g/mol. The normalized spacial score (nSPS) is 14.1. The molecular weight excluding hydrogens is 352 g/mol. The van der Waals surface area contributed by atoms with Crippen molar-refractivity contribution in [3.05, 3.63) is 71.3 Å². The third-order valence-electron chi connectivity index (χ3n) is 5.05. The maximum atomic E-state index is 12.4. The maximum absolute atomic E-state index is 12.4. The molecule has 0 radical (unpaired) electrons. The Bertz CT molecular complexity index is 813. The van der Waals surface area contributed by atoms with E-state index in [2.05, 4.69) is 12.2 Å². The topological polar surface area (TPSA) is 66.5 Å². The van der Waals surface area contributed by atoms with Crippen molar-refractivity contribution in [3.63, 3.8) is 0 Å². The first kappa shape index (κ1) is 19.8. The Morgan fingerprint density at radius 1 is 0.929 bits per heavy atom. The van der Waals surface area contributed by atoms with Gasteiger partial charge in [0, 0.05) is 13.0 Å². The summed E-state index contributed by atoms with van der Waals surface area (Å²) >= 11 is 0. The van der Waals surface area contributed by atoms with Crippen LogP contribution in [0.25, 0.3) is 0 Å². The third kappa shape index (κ3) is 4.47. The van der Waals surface area contributed by atoms with Crippen molar-refractivity contribution in [2.45, 2.75) is 45.1 Å². The highest BCUT2D eigenvalue weighted by atomic mass is 16.2. The summed E-state index contributed by atoms with van der Waals surface area (Å²) in [5, 5.41) is 3.11. The summed E-state index contributed by atoms with van der Waals surface area (Å²) in [5.41, 5.74) is 1.99. The SMILES string of the molecule is CCCC[C@@H](NC(=O)CCCN1C(=O)c2ccccc2C1=O)c1ccccc1. The molecule has 5 heteroatoms. The minimum absolute atomic E-state index is 0.00652. The number of nitrogens with one attached hydrogen (secondary N) is 1. The molecule has 2 aromatic carbocycles. The molecule has 1 atom stereocenters. The molecule has 2 aromatic rings. The van der Waals surface area contributed by atoms with Crippen molar-refractivity contribution in [1.29, 1.82) is 0 Å². The van der Waals surface area contributed by atoms with Gasteiger partial charge in [-0.05, 0) is 30.5 Å². The molecule has 0 fully saturated rings. The monoisotopic (exact) mass is 378 g/mol. The fourth-order valence-electron chi connectivity index (χ4n) is 3.52. The fraction of sp³-hybridized carbons (Fsp3) is 0.348. The van der Waals surface area contributed by atoms with Crippen LogP contribution in [0.4, 0.5) is 0 Å². The van der Waals surface area contributed by atoms with E-state index >= 15 is 0 Å². The first-order chi connectivity index (χ1) is 13.6. The van der Waals surface area contributed by atoms with Crippen molar-refractivity contribution in [2.24, 2.45) is 0 Å². The lowest BCUT2D eigenvalue weighted by molar-refractivity contribution is -0.122. The van der Waals surface area contributed by atoms with Gasteiger partial charge in [0.1, 0.15) is 0 Å². The first-order valence-corrected chi connectivity index (χ1v) is 9.91. The Balaban J connectivity index is 1.52. The van der Waals surface area contributed by atoms with E-state index < -0.39 is 0 Å². The second-order valence-electron chi connectivity index (χ2n) is 7.08. The standard InChI is InChI=1S/C23H26N2O3/c1-2-3-14-20(17-10-5-4-6-11-17)24-21(26)15-9-16-25-22(27)18-12-7-8-13-19(18)23(25)28/h4-8,10-13,20H,2-3,9,14-16H2,1H3,(H,24,26)/t20-/m1/s1. The zero-order chi connectivity index (χ0) is 19.9. The Hall–Kier alpha value is -2.95. The predicted molar refractivity (Wildman–Crippen MR) is 108 cm³/mol. The minimum atomic E-state index is -0.272. The second kappa shape index (κ2) is 9.31. The van der Waals surface area contributed by atoms with Crippen molar-refractivity contribution in [1.82, 2.24) is 10.2 Å². The number of hydrogen-bond acceptors (Lipinski definition) is 3. The molecule has 0 bridgehead atoms. The Labute approximate surface area is 165 Å². The average Bonchev–Trinajstić information content (AvgIpc) is 2.97. The van der Waals surface area contributed by atoms with Crippen LogP contribution in [-0.2, 0) is 4.79 Å². The third-order valence-corrected chi connectivity index (χ3v) is 5.05. The molecule has 1 N–H and O–H groups in total. The van der Waals surface area contributed by atoms with E-state index in [1.165, 1.54) is 4.90 Å². The predicted octanol–water partition coefficient (Wildman–Crippen LogP) is 4.11. The van der Waals surface area contributed by atoms with E-state index in [0.29, 0.717) is 17.5 Å². The lowest BCUT2D eigenvalue weighted by Gasteiger charge is -2.19. The number of nitrogens with zero attached hydrogens (tertiary/aromatic N) is 1. The van der Waals surface area contributed by atoms with Gasteiger partial charge in [0.15, 0.2) is 0 Å². The van der Waals surface area contributed by atoms with Gasteiger partial charge in [0.2, 0.25) is 5.91 Å². The van der Waals surface area contributed by atoms with Crippen LogP contribution in [0.2, 0.25) is 0 Å². The van der Waals surface area contributed by atoms with Crippen molar-refractivity contribution < 1.29 is 14.4 Å². The van der Waals surface area contributed by atoms with Crippen LogP contribution in [0, 0.1) is 0 Å². The maximum Gasteiger partial charge on any atom is 0.261 e. The molecule has 0 aromatic heterocycles. The molecule has 5 nitrogen and oxygen atoms in total. The number of rotatable bonds is 9. The first-order valence-electron chi connectivity index (χ1n) is 9.91. The number of imide groups is 1. The number of benzene rings is 2. The lowest BCUT2D eigenvalue weighted by atomic mass is 10.0. The summed E-state index contributed by atoms with van der Waals surface area (Å²) in [6.45, 7) is 2.39. The second-order valence-corrected chi connectivity index (χ2v) is 7.08. The van der Waals surface area contributed by atoms with Gasteiger partial charge in [-0.15, -0.1) is 0 Å². The quantitative estimate of drug-likeness (QED) is 0.668. The van der Waals surface area contributed by atoms with Crippen LogP contribution in [0.15, 0.2) is 54.6 Å². The number of fused-ring (bicyclic) bond motifs is 1. The van der Waals surface area contributed by atoms with Gasteiger partial charge < -0.3 is 5.32 Å². The van der Waals surface area contributed by atoms with Crippen molar-refractivity contribution in [3.8, 4) is 0 Å². The largest absolute Gasteiger partial charge is 0.349 e.